The van der Waals surface area contributed by atoms with Crippen LogP contribution >= 0.6 is 24.0 Å². The molecule has 0 amide bonds. The van der Waals surface area contributed by atoms with Gasteiger partial charge in [-0.25, -0.2) is 4.98 Å². The van der Waals surface area contributed by atoms with E-state index in [2.05, 4.69) is 45.9 Å². The van der Waals surface area contributed by atoms with E-state index in [0.717, 1.165) is 37.0 Å². The summed E-state index contributed by atoms with van der Waals surface area (Å²) >= 11 is 6.13. The third-order valence-electron chi connectivity index (χ3n) is 4.44. The van der Waals surface area contributed by atoms with Gasteiger partial charge in [0.15, 0.2) is 0 Å². The van der Waals surface area contributed by atoms with E-state index in [9.17, 15) is 0 Å². The SMILES string of the molecule is CC(CN1CCNCC1c1nccn1C)c1cccc(Cl)c1.Cl. The van der Waals surface area contributed by atoms with Crippen molar-refractivity contribution in [3.8, 4) is 0 Å². The lowest BCUT2D eigenvalue weighted by Gasteiger charge is -2.37. The second-order valence-electron chi connectivity index (χ2n) is 6.07. The minimum atomic E-state index is 0. The fraction of sp³-hybridized carbons (Fsp3) is 0.471. The van der Waals surface area contributed by atoms with Gasteiger partial charge in [-0.05, 0) is 23.6 Å². The quantitative estimate of drug-likeness (QED) is 0.914. The van der Waals surface area contributed by atoms with Crippen LogP contribution in [0.1, 0.15) is 30.3 Å². The van der Waals surface area contributed by atoms with Gasteiger partial charge in [-0.3, -0.25) is 4.90 Å². The van der Waals surface area contributed by atoms with Crippen LogP contribution in [0.25, 0.3) is 0 Å². The zero-order valence-corrected chi connectivity index (χ0v) is 15.1. The predicted molar refractivity (Wildman–Crippen MR) is 97.5 cm³/mol. The van der Waals surface area contributed by atoms with Crippen LogP contribution in [-0.2, 0) is 7.05 Å². The van der Waals surface area contributed by atoms with E-state index in [1.54, 1.807) is 0 Å². The van der Waals surface area contributed by atoms with Gasteiger partial charge in [-0.1, -0.05) is 30.7 Å². The molecule has 126 valence electrons. The summed E-state index contributed by atoms with van der Waals surface area (Å²) in [4.78, 5) is 7.08. The van der Waals surface area contributed by atoms with Crippen LogP contribution in [0, 0.1) is 0 Å². The molecule has 1 fully saturated rings. The fourth-order valence-electron chi connectivity index (χ4n) is 3.19. The maximum absolute atomic E-state index is 6.13. The van der Waals surface area contributed by atoms with E-state index in [1.165, 1.54) is 5.56 Å². The number of halogens is 2. The zero-order valence-electron chi connectivity index (χ0n) is 13.6. The number of nitrogens with zero attached hydrogens (tertiary/aromatic N) is 3. The highest BCUT2D eigenvalue weighted by molar-refractivity contribution is 6.30. The molecule has 4 nitrogen and oxygen atoms in total. The lowest BCUT2D eigenvalue weighted by molar-refractivity contribution is 0.145. The first-order chi connectivity index (χ1) is 10.6. The van der Waals surface area contributed by atoms with Crippen LogP contribution in [0.15, 0.2) is 36.7 Å². The molecule has 6 heteroatoms. The zero-order chi connectivity index (χ0) is 15.5. The van der Waals surface area contributed by atoms with Crippen LogP contribution in [0.2, 0.25) is 5.02 Å². The number of aryl methyl sites for hydroxylation is 1. The molecular formula is C17H24Cl2N4. The first-order valence-corrected chi connectivity index (χ1v) is 8.20. The second-order valence-corrected chi connectivity index (χ2v) is 6.50. The molecule has 0 spiro atoms. The summed E-state index contributed by atoms with van der Waals surface area (Å²) in [5.74, 6) is 1.57. The number of piperazine rings is 1. The third kappa shape index (κ3) is 4.27. The molecular weight excluding hydrogens is 331 g/mol. The normalized spacial score (nSPS) is 20.0. The molecule has 0 radical (unpaired) electrons. The first kappa shape index (κ1) is 18.3. The molecule has 23 heavy (non-hydrogen) atoms. The van der Waals surface area contributed by atoms with Crippen molar-refractivity contribution in [1.82, 2.24) is 19.8 Å². The van der Waals surface area contributed by atoms with Crippen LogP contribution in [0.4, 0.5) is 0 Å². The summed E-state index contributed by atoms with van der Waals surface area (Å²) in [5.41, 5.74) is 1.30. The second kappa shape index (κ2) is 8.15. The van der Waals surface area contributed by atoms with Gasteiger partial charge in [0, 0.05) is 50.6 Å². The van der Waals surface area contributed by atoms with Gasteiger partial charge in [0.05, 0.1) is 6.04 Å². The molecule has 1 aliphatic heterocycles. The predicted octanol–water partition coefficient (Wildman–Crippen LogP) is 3.25. The third-order valence-corrected chi connectivity index (χ3v) is 4.67. The van der Waals surface area contributed by atoms with E-state index >= 15 is 0 Å². The van der Waals surface area contributed by atoms with Gasteiger partial charge in [0.25, 0.3) is 0 Å². The molecule has 0 saturated carbocycles. The minimum Gasteiger partial charge on any atom is -0.337 e. The molecule has 2 heterocycles. The number of imidazole rings is 1. The monoisotopic (exact) mass is 354 g/mol. The van der Waals surface area contributed by atoms with Crippen molar-refractivity contribution in [3.05, 3.63) is 53.1 Å². The number of benzene rings is 1. The van der Waals surface area contributed by atoms with Crippen molar-refractivity contribution in [1.29, 1.82) is 0 Å². The van der Waals surface area contributed by atoms with Crippen LogP contribution in [-0.4, -0.2) is 40.6 Å². The smallest absolute Gasteiger partial charge is 0.127 e. The highest BCUT2D eigenvalue weighted by atomic mass is 35.5. The largest absolute Gasteiger partial charge is 0.337 e. The molecule has 2 atom stereocenters. The molecule has 2 aromatic rings. The Morgan fingerprint density at radius 3 is 2.96 bits per heavy atom. The Balaban J connectivity index is 0.00000192. The van der Waals surface area contributed by atoms with Crippen LogP contribution < -0.4 is 5.32 Å². The number of hydrogen-bond donors (Lipinski definition) is 1. The van der Waals surface area contributed by atoms with Crippen molar-refractivity contribution in [2.24, 2.45) is 7.05 Å². The number of rotatable bonds is 4. The van der Waals surface area contributed by atoms with Crippen molar-refractivity contribution in [3.63, 3.8) is 0 Å². The average molecular weight is 355 g/mol. The van der Waals surface area contributed by atoms with Crippen molar-refractivity contribution in [2.45, 2.75) is 18.9 Å². The number of nitrogens with one attached hydrogen (secondary N) is 1. The molecule has 1 N–H and O–H groups in total. The Labute approximate surface area is 149 Å². The summed E-state index contributed by atoms with van der Waals surface area (Å²) in [6, 6.07) is 8.52. The lowest BCUT2D eigenvalue weighted by Crippen LogP contribution is -2.47. The maximum Gasteiger partial charge on any atom is 0.127 e. The first-order valence-electron chi connectivity index (χ1n) is 7.82. The Kier molecular flexibility index (Phi) is 6.48. The molecule has 0 aliphatic carbocycles. The van der Waals surface area contributed by atoms with Crippen molar-refractivity contribution < 1.29 is 0 Å². The van der Waals surface area contributed by atoms with E-state index in [-0.39, 0.29) is 12.4 Å². The molecule has 0 bridgehead atoms. The lowest BCUT2D eigenvalue weighted by atomic mass is 9.99. The van der Waals surface area contributed by atoms with Gasteiger partial charge in [0.2, 0.25) is 0 Å². The van der Waals surface area contributed by atoms with Crippen LogP contribution in [0.5, 0.6) is 0 Å². The minimum absolute atomic E-state index is 0. The summed E-state index contributed by atoms with van der Waals surface area (Å²) in [7, 11) is 2.06. The summed E-state index contributed by atoms with van der Waals surface area (Å²) in [6.07, 6.45) is 3.89. The van der Waals surface area contributed by atoms with Gasteiger partial charge in [-0.2, -0.15) is 0 Å². The molecule has 1 saturated heterocycles. The molecule has 3 rings (SSSR count). The maximum atomic E-state index is 6.13. The molecule has 2 unspecified atom stereocenters. The highest BCUT2D eigenvalue weighted by Gasteiger charge is 2.27. The Hall–Kier alpha value is -1.07. The van der Waals surface area contributed by atoms with Gasteiger partial charge >= 0.3 is 0 Å². The molecule has 1 aromatic carbocycles. The Morgan fingerprint density at radius 1 is 1.43 bits per heavy atom. The van der Waals surface area contributed by atoms with E-state index < -0.39 is 0 Å². The average Bonchev–Trinajstić information content (AvgIpc) is 2.94. The summed E-state index contributed by atoms with van der Waals surface area (Å²) < 4.78 is 2.12. The standard InChI is InChI=1S/C17H23ClN4.ClH/c1-13(14-4-3-5-15(18)10-14)12-22-9-6-19-11-16(22)17-20-7-8-21(17)2;/h3-5,7-8,10,13,16,19H,6,9,11-12H2,1-2H3;1H. The van der Waals surface area contributed by atoms with Gasteiger partial charge in [0.1, 0.15) is 5.82 Å². The van der Waals surface area contributed by atoms with Gasteiger partial charge < -0.3 is 9.88 Å². The van der Waals surface area contributed by atoms with Gasteiger partial charge in [-0.15, -0.1) is 12.4 Å². The summed E-state index contributed by atoms with van der Waals surface area (Å²) in [6.45, 7) is 6.31. The Bertz CT molecular complexity index is 629. The summed E-state index contributed by atoms with van der Waals surface area (Å²) in [5, 5.41) is 4.30. The Morgan fingerprint density at radius 2 is 2.26 bits per heavy atom. The van der Waals surface area contributed by atoms with Crippen LogP contribution in [0.3, 0.4) is 0 Å². The molecule has 1 aliphatic rings. The van der Waals surface area contributed by atoms with E-state index in [1.807, 2.05) is 24.5 Å². The van der Waals surface area contributed by atoms with E-state index in [4.69, 9.17) is 11.6 Å². The topological polar surface area (TPSA) is 33.1 Å². The number of aromatic nitrogens is 2. The highest BCUT2D eigenvalue weighted by Crippen LogP contribution is 2.26. The number of hydrogen-bond acceptors (Lipinski definition) is 3. The van der Waals surface area contributed by atoms with Crippen molar-refractivity contribution >= 4 is 24.0 Å². The van der Waals surface area contributed by atoms with Crippen molar-refractivity contribution in [2.75, 3.05) is 26.2 Å². The fourth-order valence-corrected chi connectivity index (χ4v) is 3.39. The van der Waals surface area contributed by atoms with E-state index in [0.29, 0.717) is 12.0 Å². The molecule has 1 aromatic heterocycles.